The monoisotopic (exact) mass is 302 g/mol. The summed E-state index contributed by atoms with van der Waals surface area (Å²) in [6.45, 7) is 0. The summed E-state index contributed by atoms with van der Waals surface area (Å²) in [6.07, 6.45) is 3.38. The number of thioether (sulfide) groups is 1. The molecule has 0 saturated carbocycles. The molecule has 1 radical (unpaired) electrons. The van der Waals surface area contributed by atoms with Gasteiger partial charge in [-0.25, -0.2) is 0 Å². The van der Waals surface area contributed by atoms with Gasteiger partial charge in [0.2, 0.25) is 0 Å². The van der Waals surface area contributed by atoms with E-state index in [2.05, 4.69) is 10.2 Å². The van der Waals surface area contributed by atoms with E-state index in [0.717, 1.165) is 5.56 Å². The van der Waals surface area contributed by atoms with Crippen LogP contribution in [0.4, 0.5) is 5.69 Å². The van der Waals surface area contributed by atoms with Crippen LogP contribution in [0.3, 0.4) is 0 Å². The molecule has 0 aliphatic heterocycles. The van der Waals surface area contributed by atoms with Crippen LogP contribution in [0.15, 0.2) is 34.5 Å². The largest absolute Gasteiger partial charge is 0.752 e. The van der Waals surface area contributed by atoms with Crippen molar-refractivity contribution >= 4 is 40.7 Å². The molecule has 0 bridgehead atoms. The Bertz CT molecular complexity index is 368. The molecule has 0 unspecified atom stereocenters. The van der Waals surface area contributed by atoms with Gasteiger partial charge in [0.1, 0.15) is 0 Å². The molecule has 0 spiro atoms. The Labute approximate surface area is 116 Å². The van der Waals surface area contributed by atoms with Crippen molar-refractivity contribution < 1.29 is 17.1 Å². The topological polar surface area (TPSA) is 82.0 Å². The first-order valence-corrected chi connectivity index (χ1v) is 5.50. The summed E-state index contributed by atoms with van der Waals surface area (Å²) in [5.74, 6) is 0. The van der Waals surface area contributed by atoms with E-state index in [1.165, 1.54) is 18.0 Å². The molecule has 93 valence electrons. The Morgan fingerprint density at radius 3 is 2.62 bits per heavy atom. The van der Waals surface area contributed by atoms with Gasteiger partial charge in [0, 0.05) is 17.1 Å². The van der Waals surface area contributed by atoms with Crippen LogP contribution >= 0.6 is 11.8 Å². The molecule has 0 heterocycles. The van der Waals surface area contributed by atoms with Gasteiger partial charge in [-0.2, -0.15) is 10.2 Å². The number of benzene rings is 1. The molecule has 4 nitrogen and oxygen atoms in total. The zero-order valence-corrected chi connectivity index (χ0v) is 11.1. The third-order valence-corrected chi connectivity index (χ3v) is 2.48. The van der Waals surface area contributed by atoms with E-state index in [9.17, 15) is 0 Å². The Balaban J connectivity index is 0. The molecule has 0 aromatic heterocycles. The number of nitrogens with one attached hydrogen (secondary N) is 1. The smallest absolute Gasteiger partial charge is 0.0555 e. The summed E-state index contributed by atoms with van der Waals surface area (Å²) in [6, 6.07) is 7.17. The summed E-state index contributed by atoms with van der Waals surface area (Å²) in [4.78, 5) is 0. The predicted molar refractivity (Wildman–Crippen MR) is 71.6 cm³/mol. The molecule has 0 amide bonds. The van der Waals surface area contributed by atoms with E-state index in [4.69, 9.17) is 18.4 Å². The van der Waals surface area contributed by atoms with Crippen LogP contribution in [0.2, 0.25) is 0 Å². The molecule has 3 N–H and O–H groups in total. The van der Waals surface area contributed by atoms with Gasteiger partial charge >= 0.3 is 0 Å². The fraction of sp³-hybridized carbons (Fsp3) is 0.111. The Morgan fingerprint density at radius 2 is 2.06 bits per heavy atom. The zero-order valence-electron chi connectivity index (χ0n) is 8.48. The van der Waals surface area contributed by atoms with Crippen molar-refractivity contribution in [3.05, 3.63) is 41.7 Å². The first-order chi connectivity index (χ1) is 6.74. The molecule has 1 rings (SSSR count). The van der Waals surface area contributed by atoms with E-state index in [-0.39, 0.29) is 23.2 Å². The Kier molecular flexibility index (Phi) is 10.7. The van der Waals surface area contributed by atoms with E-state index >= 15 is 0 Å². The minimum atomic E-state index is 0. The fourth-order valence-corrected chi connectivity index (χ4v) is 0.965. The van der Waals surface area contributed by atoms with Crippen molar-refractivity contribution in [2.45, 2.75) is 0 Å². The number of hydrogen-bond donors (Lipinski definition) is 0. The van der Waals surface area contributed by atoms with E-state index in [1.807, 2.05) is 24.5 Å². The summed E-state index contributed by atoms with van der Waals surface area (Å²) in [7, 11) is 0. The van der Waals surface area contributed by atoms with Crippen molar-refractivity contribution in [2.75, 3.05) is 6.26 Å². The number of hydrogen-bond acceptors (Lipinski definition) is 4. The second-order valence-corrected chi connectivity index (χ2v) is 3.84. The molecular formula is C9H11CuN4S2-3. The van der Waals surface area contributed by atoms with E-state index in [1.54, 1.807) is 6.07 Å². The van der Waals surface area contributed by atoms with Crippen LogP contribution in [0, 0.1) is 0 Å². The minimum Gasteiger partial charge on any atom is -0.752 e. The molecule has 0 fully saturated rings. The van der Waals surface area contributed by atoms with Gasteiger partial charge in [0.05, 0.1) is 6.21 Å². The summed E-state index contributed by atoms with van der Waals surface area (Å²) in [5.41, 5.74) is 8.70. The fourth-order valence-electron chi connectivity index (χ4n) is 0.789. The van der Waals surface area contributed by atoms with Crippen LogP contribution < -0.4 is 0 Å². The maximum atomic E-state index is 7.53. The van der Waals surface area contributed by atoms with Crippen LogP contribution in [-0.2, 0) is 29.7 Å². The van der Waals surface area contributed by atoms with Crippen LogP contribution in [0.1, 0.15) is 5.56 Å². The molecule has 7 heteroatoms. The quantitative estimate of drug-likeness (QED) is 0.274. The Hall–Kier alpha value is -0.591. The van der Waals surface area contributed by atoms with Crippen molar-refractivity contribution in [2.24, 2.45) is 10.2 Å². The average molecular weight is 303 g/mol. The van der Waals surface area contributed by atoms with Gasteiger partial charge in [-0.3, -0.25) is 0 Å². The van der Waals surface area contributed by atoms with Gasteiger partial charge in [-0.15, -0.1) is 17.4 Å². The van der Waals surface area contributed by atoms with Gasteiger partial charge in [0.15, 0.2) is 0 Å². The van der Waals surface area contributed by atoms with Crippen molar-refractivity contribution in [1.82, 2.24) is 0 Å². The maximum absolute atomic E-state index is 7.53. The third kappa shape index (κ3) is 6.09. The van der Waals surface area contributed by atoms with Gasteiger partial charge in [-0.1, -0.05) is 24.3 Å². The van der Waals surface area contributed by atoms with Gasteiger partial charge in [-0.05, 0) is 16.2 Å². The minimum absolute atomic E-state index is 0. The number of rotatable bonds is 2. The molecular weight excluding hydrogens is 292 g/mol. The molecule has 16 heavy (non-hydrogen) atoms. The second-order valence-electron chi connectivity index (χ2n) is 2.40. The molecule has 0 aliphatic rings. The van der Waals surface area contributed by atoms with Crippen LogP contribution in [0.5, 0.6) is 0 Å². The standard InChI is InChI=1S/C9H10N3S2.Cu.H2N/c1-14-9(13)12-11-6-7-4-2-3-5-8(7)10;;/h2-6H,1H3,(H2-,10,11,12,13);;1H2/q-1;;-1/p-1. The maximum Gasteiger partial charge on any atom is 0.0555 e. The number of nitrogens with two attached hydrogens (primary N) is 1. The SMILES string of the molecule is CSC([S-])=NN=Cc1ccccc1[NH-].[Cu].[NH2-]. The van der Waals surface area contributed by atoms with E-state index in [0.29, 0.717) is 10.1 Å². The van der Waals surface area contributed by atoms with Crippen molar-refractivity contribution in [1.29, 1.82) is 0 Å². The van der Waals surface area contributed by atoms with Gasteiger partial charge in [0.25, 0.3) is 0 Å². The molecule has 0 atom stereocenters. The summed E-state index contributed by atoms with van der Waals surface area (Å²) in [5, 5.41) is 7.55. The van der Waals surface area contributed by atoms with E-state index < -0.39 is 0 Å². The second kappa shape index (κ2) is 9.62. The molecule has 0 saturated heterocycles. The van der Waals surface area contributed by atoms with Crippen molar-refractivity contribution in [3.63, 3.8) is 0 Å². The van der Waals surface area contributed by atoms with Crippen LogP contribution in [-0.4, -0.2) is 16.8 Å². The summed E-state index contributed by atoms with van der Waals surface area (Å²) < 4.78 is 0.490. The van der Waals surface area contributed by atoms with Crippen LogP contribution in [0.25, 0.3) is 11.9 Å². The molecule has 0 aliphatic carbocycles. The summed E-state index contributed by atoms with van der Waals surface area (Å²) >= 11 is 6.21. The first-order valence-electron chi connectivity index (χ1n) is 3.86. The normalized spacial score (nSPS) is 10.7. The molecule has 1 aromatic rings. The van der Waals surface area contributed by atoms with Gasteiger partial charge < -0.3 is 24.5 Å². The predicted octanol–water partition coefficient (Wildman–Crippen LogP) is 3.68. The molecule has 1 aromatic carbocycles. The third-order valence-electron chi connectivity index (χ3n) is 1.47. The average Bonchev–Trinajstić information content (AvgIpc) is 2.20. The number of nitrogens with zero attached hydrogens (tertiary/aromatic N) is 2. The first kappa shape index (κ1) is 17.8. The zero-order chi connectivity index (χ0) is 10.4. The van der Waals surface area contributed by atoms with Crippen molar-refractivity contribution in [3.8, 4) is 0 Å². The Morgan fingerprint density at radius 1 is 1.44 bits per heavy atom.